The van der Waals surface area contributed by atoms with E-state index in [0.29, 0.717) is 0 Å². The van der Waals surface area contributed by atoms with E-state index in [9.17, 15) is 4.79 Å². The average Bonchev–Trinajstić information content (AvgIpc) is 3.20. The molecule has 0 N–H and O–H groups in total. The van der Waals surface area contributed by atoms with E-state index in [1.807, 2.05) is 0 Å². The van der Waals surface area contributed by atoms with Crippen molar-refractivity contribution in [3.05, 3.63) is 30.5 Å². The van der Waals surface area contributed by atoms with Gasteiger partial charge in [-0.15, -0.1) is 0 Å². The monoisotopic (exact) mass is 543 g/mol. The van der Waals surface area contributed by atoms with Gasteiger partial charge in [-0.1, -0.05) is 0 Å². The van der Waals surface area contributed by atoms with Gasteiger partial charge in [0.1, 0.15) is 0 Å². The number of hydrogen-bond acceptors (Lipinski definition) is 2. The number of nitrogens with zero attached hydrogens (tertiary/aromatic N) is 1. The average molecular weight is 542 g/mol. The van der Waals surface area contributed by atoms with Crippen LogP contribution in [0, 0.1) is 0 Å². The number of ether oxygens (including phenoxy) is 1. The van der Waals surface area contributed by atoms with Crippen LogP contribution in [-0.2, 0) is 4.79 Å². The number of benzene rings is 1. The van der Waals surface area contributed by atoms with Crippen molar-refractivity contribution in [2.24, 2.45) is 0 Å². The molecule has 4 heteroatoms. The molecule has 0 spiro atoms. The van der Waals surface area contributed by atoms with Crippen LogP contribution in [0.5, 0.6) is 5.75 Å². The normalized spacial score (nSPS) is 22.3. The van der Waals surface area contributed by atoms with Gasteiger partial charge in [0.25, 0.3) is 0 Å². The fourth-order valence-electron chi connectivity index (χ4n) is 7.99. The Morgan fingerprint density at radius 1 is 0.781 bits per heavy atom. The van der Waals surface area contributed by atoms with Crippen molar-refractivity contribution in [3.63, 3.8) is 0 Å². The van der Waals surface area contributed by atoms with Crippen LogP contribution in [0.1, 0.15) is 103 Å². The SMILES string of the molecule is CC(=O)Oc1c[n]([Sn]([CH]2CCCCC2)([CH]2CCCCC2)[CH]2CCCCC2)c2ccccc12. The van der Waals surface area contributed by atoms with Crippen molar-refractivity contribution in [1.29, 1.82) is 0 Å². The van der Waals surface area contributed by atoms with Gasteiger partial charge in [-0.3, -0.25) is 0 Å². The second-order valence-corrected chi connectivity index (χ2v) is 24.3. The molecule has 3 aliphatic carbocycles. The Labute approximate surface area is 198 Å². The minimum absolute atomic E-state index is 0.193. The fraction of sp³-hybridized carbons (Fsp3) is 0.679. The van der Waals surface area contributed by atoms with Gasteiger partial charge in [-0.2, -0.15) is 0 Å². The molecule has 0 aliphatic heterocycles. The minimum atomic E-state index is -3.02. The number of hydrogen-bond donors (Lipinski definition) is 0. The van der Waals surface area contributed by atoms with E-state index in [0.717, 1.165) is 22.9 Å². The predicted octanol–water partition coefficient (Wildman–Crippen LogP) is 8.36. The molecule has 1 aromatic carbocycles. The topological polar surface area (TPSA) is 31.2 Å². The molecule has 0 unspecified atom stereocenters. The van der Waals surface area contributed by atoms with Crippen LogP contribution in [0.4, 0.5) is 0 Å². The first-order valence-corrected chi connectivity index (χ1v) is 19.7. The molecule has 0 bridgehead atoms. The summed E-state index contributed by atoms with van der Waals surface area (Å²) in [5.74, 6) is 0.623. The van der Waals surface area contributed by atoms with E-state index in [2.05, 4.69) is 33.3 Å². The molecule has 3 saturated carbocycles. The Hall–Kier alpha value is -0.971. The van der Waals surface area contributed by atoms with E-state index in [4.69, 9.17) is 4.74 Å². The summed E-state index contributed by atoms with van der Waals surface area (Å²) in [5.41, 5.74) is 1.38. The Kier molecular flexibility index (Phi) is 7.20. The predicted molar refractivity (Wildman–Crippen MR) is 135 cm³/mol. The third-order valence-electron chi connectivity index (χ3n) is 9.12. The van der Waals surface area contributed by atoms with Crippen LogP contribution < -0.4 is 4.74 Å². The zero-order valence-electron chi connectivity index (χ0n) is 20.0. The summed E-state index contributed by atoms with van der Waals surface area (Å²) >= 11 is -3.02. The van der Waals surface area contributed by atoms with Gasteiger partial charge < -0.3 is 0 Å². The Morgan fingerprint density at radius 3 is 1.72 bits per heavy atom. The third kappa shape index (κ3) is 4.16. The van der Waals surface area contributed by atoms with Crippen molar-refractivity contribution in [2.45, 2.75) is 115 Å². The Bertz CT molecular complexity index is 871. The van der Waals surface area contributed by atoms with E-state index < -0.39 is 18.7 Å². The molecular weight excluding hydrogens is 501 g/mol. The second-order valence-electron chi connectivity index (χ2n) is 10.9. The molecular formula is C28H41NO2Sn. The summed E-state index contributed by atoms with van der Waals surface area (Å²) in [7, 11) is 0. The molecule has 3 nitrogen and oxygen atoms in total. The quantitative estimate of drug-likeness (QED) is 0.281. The number of carbonyl (C=O) groups is 1. The molecule has 0 saturated heterocycles. The van der Waals surface area contributed by atoms with Gasteiger partial charge >= 0.3 is 199 Å². The van der Waals surface area contributed by atoms with E-state index in [1.54, 1.807) is 6.92 Å². The van der Waals surface area contributed by atoms with Crippen LogP contribution in [0.15, 0.2) is 30.5 Å². The van der Waals surface area contributed by atoms with Crippen molar-refractivity contribution < 1.29 is 9.53 Å². The molecule has 174 valence electrons. The standard InChI is InChI=1S/C10H8NO2.3C6H11.Sn/c1-7(12)13-10-6-11-9-5-3-2-4-8(9)10;3*1-2-4-6-5-3-1;/h2-6H,1H3;3*1H,2-6H2;/q-1;;;;+1. The van der Waals surface area contributed by atoms with Crippen molar-refractivity contribution in [1.82, 2.24) is 2.79 Å². The fourth-order valence-corrected chi connectivity index (χ4v) is 31.2. The summed E-state index contributed by atoms with van der Waals surface area (Å²) in [5, 5.41) is 1.16. The third-order valence-corrected chi connectivity index (χ3v) is 28.7. The first kappa shape index (κ1) is 22.8. The Balaban J connectivity index is 1.74. The Morgan fingerprint density at radius 2 is 1.25 bits per heavy atom. The van der Waals surface area contributed by atoms with Crippen molar-refractivity contribution >= 4 is 35.5 Å². The summed E-state index contributed by atoms with van der Waals surface area (Å²) in [4.78, 5) is 12.0. The van der Waals surface area contributed by atoms with Gasteiger partial charge in [-0.05, 0) is 0 Å². The van der Waals surface area contributed by atoms with E-state index in [-0.39, 0.29) is 5.97 Å². The van der Waals surface area contributed by atoms with Gasteiger partial charge in [0.15, 0.2) is 0 Å². The second kappa shape index (κ2) is 10.1. The van der Waals surface area contributed by atoms with Gasteiger partial charge in [-0.25, -0.2) is 0 Å². The summed E-state index contributed by atoms with van der Waals surface area (Å²) in [6, 6.07) is 8.83. The van der Waals surface area contributed by atoms with Crippen LogP contribution in [0.2, 0.25) is 11.8 Å². The molecule has 0 atom stereocenters. The first-order valence-electron chi connectivity index (χ1n) is 13.5. The molecule has 5 rings (SSSR count). The molecule has 0 radical (unpaired) electrons. The molecule has 2 aromatic rings. The molecule has 32 heavy (non-hydrogen) atoms. The zero-order valence-corrected chi connectivity index (χ0v) is 22.8. The maximum absolute atomic E-state index is 12.0. The molecule has 1 aromatic heterocycles. The van der Waals surface area contributed by atoms with Crippen molar-refractivity contribution in [3.8, 4) is 5.75 Å². The molecule has 3 aliphatic rings. The van der Waals surface area contributed by atoms with Gasteiger partial charge in [0, 0.05) is 0 Å². The van der Waals surface area contributed by atoms with Crippen LogP contribution in [0.3, 0.4) is 0 Å². The van der Waals surface area contributed by atoms with Crippen molar-refractivity contribution in [2.75, 3.05) is 0 Å². The molecule has 3 fully saturated rings. The number of para-hydroxylation sites is 1. The summed E-state index contributed by atoms with van der Waals surface area (Å²) < 4.78 is 11.6. The van der Waals surface area contributed by atoms with E-state index >= 15 is 0 Å². The number of esters is 1. The number of fused-ring (bicyclic) bond motifs is 1. The maximum atomic E-state index is 12.0. The van der Waals surface area contributed by atoms with E-state index in [1.165, 1.54) is 102 Å². The van der Waals surface area contributed by atoms with Gasteiger partial charge in [0.05, 0.1) is 0 Å². The number of rotatable bonds is 5. The number of carbonyl (C=O) groups excluding carboxylic acids is 1. The van der Waals surface area contributed by atoms with Crippen LogP contribution >= 0.6 is 0 Å². The van der Waals surface area contributed by atoms with Crippen LogP contribution in [-0.4, -0.2) is 27.4 Å². The van der Waals surface area contributed by atoms with Crippen LogP contribution in [0.25, 0.3) is 10.9 Å². The van der Waals surface area contributed by atoms with Gasteiger partial charge in [0.2, 0.25) is 0 Å². The first-order chi connectivity index (χ1) is 15.7. The number of aromatic nitrogens is 1. The molecule has 0 amide bonds. The summed E-state index contributed by atoms with van der Waals surface area (Å²) in [6.45, 7) is 1.55. The summed E-state index contributed by atoms with van der Waals surface area (Å²) in [6.07, 6.45) is 24.0. The zero-order chi connectivity index (χ0) is 22.0. The molecule has 1 heterocycles.